The number of Topliss-reactive ketones (excluding diaryl/α,β-unsaturated/α-hetero) is 1. The molecule has 2 rings (SSSR count). The lowest BCUT2D eigenvalue weighted by atomic mass is 10.1. The van der Waals surface area contributed by atoms with Crippen molar-refractivity contribution in [2.45, 2.75) is 13.8 Å². The fourth-order valence-corrected chi connectivity index (χ4v) is 2.05. The van der Waals surface area contributed by atoms with Crippen molar-refractivity contribution in [3.63, 3.8) is 0 Å². The van der Waals surface area contributed by atoms with Crippen LogP contribution in [0.15, 0.2) is 42.5 Å². The molecular formula is C18H17FN2O4. The van der Waals surface area contributed by atoms with Gasteiger partial charge in [0.1, 0.15) is 11.6 Å². The van der Waals surface area contributed by atoms with Gasteiger partial charge < -0.3 is 15.4 Å². The number of ketones is 1. The van der Waals surface area contributed by atoms with Crippen LogP contribution in [0, 0.1) is 5.82 Å². The third kappa shape index (κ3) is 5.13. The summed E-state index contributed by atoms with van der Waals surface area (Å²) >= 11 is 0. The van der Waals surface area contributed by atoms with E-state index in [0.29, 0.717) is 11.3 Å². The lowest BCUT2D eigenvalue weighted by Gasteiger charge is -2.13. The molecule has 0 heterocycles. The third-order valence-electron chi connectivity index (χ3n) is 3.21. The van der Waals surface area contributed by atoms with Crippen LogP contribution >= 0.6 is 0 Å². The van der Waals surface area contributed by atoms with Gasteiger partial charge in [-0.05, 0) is 37.3 Å². The Labute approximate surface area is 144 Å². The maximum absolute atomic E-state index is 13.5. The normalized spacial score (nSPS) is 10.0. The lowest BCUT2D eigenvalue weighted by Crippen LogP contribution is -2.21. The van der Waals surface area contributed by atoms with Gasteiger partial charge in [-0.25, -0.2) is 4.39 Å². The Morgan fingerprint density at radius 1 is 1.00 bits per heavy atom. The first-order chi connectivity index (χ1) is 11.9. The second kappa shape index (κ2) is 8.05. The van der Waals surface area contributed by atoms with E-state index in [1.54, 1.807) is 12.1 Å². The van der Waals surface area contributed by atoms with E-state index in [4.69, 9.17) is 4.74 Å². The first-order valence-corrected chi connectivity index (χ1v) is 7.46. The summed E-state index contributed by atoms with van der Waals surface area (Å²) < 4.78 is 18.9. The highest BCUT2D eigenvalue weighted by molar-refractivity contribution is 5.97. The van der Waals surface area contributed by atoms with Crippen LogP contribution in [0.1, 0.15) is 24.2 Å². The zero-order chi connectivity index (χ0) is 18.4. The largest absolute Gasteiger partial charge is 0.482 e. The monoisotopic (exact) mass is 344 g/mol. The van der Waals surface area contributed by atoms with Gasteiger partial charge in [0.15, 0.2) is 12.4 Å². The Bertz CT molecular complexity index is 820. The van der Waals surface area contributed by atoms with Crippen molar-refractivity contribution in [3.05, 3.63) is 53.8 Å². The highest BCUT2D eigenvalue weighted by atomic mass is 19.1. The van der Waals surface area contributed by atoms with Gasteiger partial charge in [-0.1, -0.05) is 12.1 Å². The van der Waals surface area contributed by atoms with E-state index < -0.39 is 18.3 Å². The lowest BCUT2D eigenvalue weighted by molar-refractivity contribution is -0.118. The van der Waals surface area contributed by atoms with Gasteiger partial charge in [0.2, 0.25) is 5.91 Å². The molecule has 25 heavy (non-hydrogen) atoms. The topological polar surface area (TPSA) is 84.5 Å². The fraction of sp³-hybridized carbons (Fsp3) is 0.167. The molecule has 2 amide bonds. The van der Waals surface area contributed by atoms with Crippen LogP contribution in [0.2, 0.25) is 0 Å². The second-order valence-electron chi connectivity index (χ2n) is 5.27. The number of rotatable bonds is 6. The van der Waals surface area contributed by atoms with Crippen LogP contribution in [0.5, 0.6) is 5.75 Å². The molecule has 0 saturated carbocycles. The minimum atomic E-state index is -0.577. The van der Waals surface area contributed by atoms with Crippen LogP contribution in [-0.4, -0.2) is 24.2 Å². The Morgan fingerprint density at radius 3 is 2.36 bits per heavy atom. The molecule has 0 aliphatic heterocycles. The standard InChI is InChI=1S/C18H17FN2O4/c1-11(22)13-7-8-16(20-12(2)23)17(9-13)25-10-18(24)21-15-6-4-3-5-14(15)19/h3-9H,10H2,1-2H3,(H,20,23)(H,21,24). The Morgan fingerprint density at radius 2 is 1.72 bits per heavy atom. The summed E-state index contributed by atoms with van der Waals surface area (Å²) in [5.74, 6) is -1.47. The molecule has 0 aliphatic carbocycles. The molecule has 6 nitrogen and oxygen atoms in total. The molecule has 2 aromatic carbocycles. The van der Waals surface area contributed by atoms with Crippen molar-refractivity contribution >= 4 is 29.0 Å². The average molecular weight is 344 g/mol. The minimum Gasteiger partial charge on any atom is -0.482 e. The van der Waals surface area contributed by atoms with Gasteiger partial charge in [-0.3, -0.25) is 14.4 Å². The van der Waals surface area contributed by atoms with Crippen molar-refractivity contribution < 1.29 is 23.5 Å². The van der Waals surface area contributed by atoms with Crippen LogP contribution in [0.3, 0.4) is 0 Å². The molecule has 0 bridgehead atoms. The molecule has 2 aromatic rings. The first-order valence-electron chi connectivity index (χ1n) is 7.46. The molecule has 0 aromatic heterocycles. The molecule has 0 atom stereocenters. The van der Waals surface area contributed by atoms with Crippen LogP contribution < -0.4 is 15.4 Å². The molecule has 2 N–H and O–H groups in total. The summed E-state index contributed by atoms with van der Waals surface area (Å²) in [7, 11) is 0. The number of anilines is 2. The van der Waals surface area contributed by atoms with Crippen molar-refractivity contribution in [3.8, 4) is 5.75 Å². The van der Waals surface area contributed by atoms with E-state index in [1.807, 2.05) is 0 Å². The van der Waals surface area contributed by atoms with Gasteiger partial charge in [0, 0.05) is 12.5 Å². The Hall–Kier alpha value is -3.22. The van der Waals surface area contributed by atoms with E-state index in [0.717, 1.165) is 0 Å². The van der Waals surface area contributed by atoms with Crippen LogP contribution in [-0.2, 0) is 9.59 Å². The summed E-state index contributed by atoms with van der Waals surface area (Å²) in [4.78, 5) is 34.7. The third-order valence-corrected chi connectivity index (χ3v) is 3.21. The summed E-state index contributed by atoms with van der Waals surface area (Å²) in [5, 5.41) is 4.94. The van der Waals surface area contributed by atoms with Crippen molar-refractivity contribution in [2.75, 3.05) is 17.2 Å². The van der Waals surface area contributed by atoms with Crippen molar-refractivity contribution in [2.24, 2.45) is 0 Å². The number of hydrogen-bond acceptors (Lipinski definition) is 4. The Balaban J connectivity index is 2.11. The number of carbonyl (C=O) groups excluding carboxylic acids is 3. The van der Waals surface area contributed by atoms with Gasteiger partial charge in [0.05, 0.1) is 11.4 Å². The average Bonchev–Trinajstić information content (AvgIpc) is 2.55. The van der Waals surface area contributed by atoms with Gasteiger partial charge in [-0.2, -0.15) is 0 Å². The highest BCUT2D eigenvalue weighted by Crippen LogP contribution is 2.26. The number of carbonyl (C=O) groups is 3. The summed E-state index contributed by atoms with van der Waals surface area (Å²) in [6, 6.07) is 10.2. The van der Waals surface area contributed by atoms with E-state index in [2.05, 4.69) is 10.6 Å². The molecule has 0 radical (unpaired) electrons. The maximum atomic E-state index is 13.5. The molecule has 0 aliphatic rings. The molecule has 0 fully saturated rings. The summed E-state index contributed by atoms with van der Waals surface area (Å²) in [6.45, 7) is 2.30. The number of para-hydroxylation sites is 1. The number of hydrogen-bond donors (Lipinski definition) is 2. The van der Waals surface area contributed by atoms with Gasteiger partial charge >= 0.3 is 0 Å². The number of ether oxygens (including phenoxy) is 1. The molecule has 0 saturated heterocycles. The zero-order valence-corrected chi connectivity index (χ0v) is 13.8. The molecule has 0 unspecified atom stereocenters. The number of benzene rings is 2. The highest BCUT2D eigenvalue weighted by Gasteiger charge is 2.12. The van der Waals surface area contributed by atoms with Gasteiger partial charge in [0.25, 0.3) is 5.91 Å². The van der Waals surface area contributed by atoms with Gasteiger partial charge in [-0.15, -0.1) is 0 Å². The predicted octanol–water partition coefficient (Wildman–Crippen LogP) is 3.00. The van der Waals surface area contributed by atoms with Crippen molar-refractivity contribution in [1.29, 1.82) is 0 Å². The predicted molar refractivity (Wildman–Crippen MR) is 91.3 cm³/mol. The molecule has 7 heteroatoms. The fourth-order valence-electron chi connectivity index (χ4n) is 2.05. The van der Waals surface area contributed by atoms with Crippen LogP contribution in [0.4, 0.5) is 15.8 Å². The maximum Gasteiger partial charge on any atom is 0.262 e. The molecular weight excluding hydrogens is 327 g/mol. The molecule has 130 valence electrons. The van der Waals surface area contributed by atoms with Crippen molar-refractivity contribution in [1.82, 2.24) is 0 Å². The number of nitrogens with one attached hydrogen (secondary N) is 2. The summed E-state index contributed by atoms with van der Waals surface area (Å²) in [5.41, 5.74) is 0.741. The van der Waals surface area contributed by atoms with E-state index in [9.17, 15) is 18.8 Å². The second-order valence-corrected chi connectivity index (χ2v) is 5.27. The summed E-state index contributed by atoms with van der Waals surface area (Å²) in [6.07, 6.45) is 0. The quantitative estimate of drug-likeness (QED) is 0.789. The first kappa shape index (κ1) is 18.1. The SMILES string of the molecule is CC(=O)Nc1ccc(C(C)=O)cc1OCC(=O)Nc1ccccc1F. The van der Waals surface area contributed by atoms with E-state index in [-0.39, 0.29) is 23.1 Å². The zero-order valence-electron chi connectivity index (χ0n) is 13.8. The molecule has 0 spiro atoms. The minimum absolute atomic E-state index is 0.0377. The van der Waals surface area contributed by atoms with E-state index in [1.165, 1.54) is 44.2 Å². The Kier molecular flexibility index (Phi) is 5.84. The number of amides is 2. The smallest absolute Gasteiger partial charge is 0.262 e. The van der Waals surface area contributed by atoms with Crippen LogP contribution in [0.25, 0.3) is 0 Å². The number of halogens is 1. The van der Waals surface area contributed by atoms with E-state index >= 15 is 0 Å².